The third-order valence-corrected chi connectivity index (χ3v) is 3.02. The molecule has 3 heteroatoms. The predicted molar refractivity (Wildman–Crippen MR) is 70.6 cm³/mol. The lowest BCUT2D eigenvalue weighted by Crippen LogP contribution is -2.14. The van der Waals surface area contributed by atoms with Crippen LogP contribution < -0.4 is 5.73 Å². The summed E-state index contributed by atoms with van der Waals surface area (Å²) in [6.07, 6.45) is 3.53. The first-order valence-corrected chi connectivity index (χ1v) is 6.14. The molecule has 1 aromatic heterocycles. The molecule has 2 nitrogen and oxygen atoms in total. The van der Waals surface area contributed by atoms with Gasteiger partial charge in [0.25, 0.3) is 0 Å². The second-order valence-electron chi connectivity index (χ2n) is 4.37. The van der Waals surface area contributed by atoms with Gasteiger partial charge in [-0.05, 0) is 35.7 Å². The number of hydrogen-bond donors (Lipinski definition) is 1. The number of pyridine rings is 1. The zero-order valence-electron chi connectivity index (χ0n) is 10.4. The van der Waals surface area contributed by atoms with Crippen molar-refractivity contribution in [1.82, 2.24) is 4.98 Å². The fourth-order valence-corrected chi connectivity index (χ4v) is 1.84. The minimum atomic E-state index is -0.239. The lowest BCUT2D eigenvalue weighted by molar-refractivity contribution is 0.624. The van der Waals surface area contributed by atoms with Crippen LogP contribution in [0.1, 0.15) is 29.8 Å². The smallest absolute Gasteiger partial charge is 0.123 e. The molecule has 18 heavy (non-hydrogen) atoms. The second kappa shape index (κ2) is 5.74. The summed E-state index contributed by atoms with van der Waals surface area (Å²) in [6, 6.07) is 10.2. The van der Waals surface area contributed by atoms with Crippen molar-refractivity contribution in [3.05, 3.63) is 65.2 Å². The molecule has 94 valence electrons. The van der Waals surface area contributed by atoms with Gasteiger partial charge in [0.05, 0.1) is 0 Å². The van der Waals surface area contributed by atoms with E-state index >= 15 is 0 Å². The molecule has 0 aliphatic carbocycles. The SMILES string of the molecule is CCc1ccc(CC(N)c2ccc(F)cc2)nc1. The van der Waals surface area contributed by atoms with Crippen molar-refractivity contribution in [3.8, 4) is 0 Å². The number of nitrogens with two attached hydrogens (primary N) is 1. The summed E-state index contributed by atoms with van der Waals surface area (Å²) in [5.74, 6) is -0.239. The van der Waals surface area contributed by atoms with Crippen molar-refractivity contribution in [1.29, 1.82) is 0 Å². The van der Waals surface area contributed by atoms with Gasteiger partial charge in [0.15, 0.2) is 0 Å². The number of aryl methyl sites for hydroxylation is 1. The Morgan fingerprint density at radius 2 is 1.89 bits per heavy atom. The van der Waals surface area contributed by atoms with Crippen LogP contribution in [0.4, 0.5) is 4.39 Å². The Kier molecular flexibility index (Phi) is 4.05. The summed E-state index contributed by atoms with van der Waals surface area (Å²) in [6.45, 7) is 2.10. The van der Waals surface area contributed by atoms with E-state index in [0.29, 0.717) is 6.42 Å². The molecule has 0 fully saturated rings. The second-order valence-corrected chi connectivity index (χ2v) is 4.37. The van der Waals surface area contributed by atoms with Gasteiger partial charge in [-0.25, -0.2) is 4.39 Å². The monoisotopic (exact) mass is 244 g/mol. The number of hydrogen-bond acceptors (Lipinski definition) is 2. The lowest BCUT2D eigenvalue weighted by Gasteiger charge is -2.11. The first kappa shape index (κ1) is 12.7. The molecule has 0 saturated heterocycles. The number of nitrogens with zero attached hydrogens (tertiary/aromatic N) is 1. The van der Waals surface area contributed by atoms with Gasteiger partial charge in [0.1, 0.15) is 5.82 Å². The molecule has 1 atom stereocenters. The van der Waals surface area contributed by atoms with Crippen LogP contribution >= 0.6 is 0 Å². The molecule has 0 radical (unpaired) electrons. The molecule has 0 aliphatic rings. The molecule has 2 rings (SSSR count). The number of rotatable bonds is 4. The van der Waals surface area contributed by atoms with Crippen LogP contribution in [0.2, 0.25) is 0 Å². The Morgan fingerprint density at radius 3 is 2.44 bits per heavy atom. The maximum atomic E-state index is 12.8. The van der Waals surface area contributed by atoms with Crippen molar-refractivity contribution < 1.29 is 4.39 Å². The van der Waals surface area contributed by atoms with E-state index in [-0.39, 0.29) is 11.9 Å². The zero-order valence-corrected chi connectivity index (χ0v) is 10.4. The van der Waals surface area contributed by atoms with E-state index in [1.165, 1.54) is 17.7 Å². The molecule has 2 N–H and O–H groups in total. The normalized spacial score (nSPS) is 12.4. The zero-order chi connectivity index (χ0) is 13.0. The summed E-state index contributed by atoms with van der Waals surface area (Å²) in [5.41, 5.74) is 9.19. The van der Waals surface area contributed by atoms with Crippen molar-refractivity contribution in [3.63, 3.8) is 0 Å². The highest BCUT2D eigenvalue weighted by atomic mass is 19.1. The molecular formula is C15H17FN2. The van der Waals surface area contributed by atoms with Crippen LogP contribution in [0.25, 0.3) is 0 Å². The number of halogens is 1. The standard InChI is InChI=1S/C15H17FN2/c1-2-11-3-8-14(18-10-11)9-15(17)12-4-6-13(16)7-5-12/h3-8,10,15H,2,9,17H2,1H3. The highest BCUT2D eigenvalue weighted by molar-refractivity contribution is 5.22. The van der Waals surface area contributed by atoms with E-state index < -0.39 is 0 Å². The number of benzene rings is 1. The fourth-order valence-electron chi connectivity index (χ4n) is 1.84. The lowest BCUT2D eigenvalue weighted by atomic mass is 10.0. The molecule has 0 aliphatic heterocycles. The molecule has 2 aromatic rings. The average molecular weight is 244 g/mol. The molecular weight excluding hydrogens is 227 g/mol. The summed E-state index contributed by atoms with van der Waals surface area (Å²) < 4.78 is 12.8. The van der Waals surface area contributed by atoms with Crippen LogP contribution in [-0.4, -0.2) is 4.98 Å². The van der Waals surface area contributed by atoms with E-state index in [1.54, 1.807) is 12.1 Å². The Morgan fingerprint density at radius 1 is 1.17 bits per heavy atom. The Balaban J connectivity index is 2.05. The maximum Gasteiger partial charge on any atom is 0.123 e. The largest absolute Gasteiger partial charge is 0.324 e. The highest BCUT2D eigenvalue weighted by Crippen LogP contribution is 2.15. The van der Waals surface area contributed by atoms with E-state index in [1.807, 2.05) is 12.3 Å². The van der Waals surface area contributed by atoms with Gasteiger partial charge in [-0.3, -0.25) is 4.98 Å². The summed E-state index contributed by atoms with van der Waals surface area (Å²) >= 11 is 0. The molecule has 0 saturated carbocycles. The summed E-state index contributed by atoms with van der Waals surface area (Å²) in [7, 11) is 0. The molecule has 0 spiro atoms. The third kappa shape index (κ3) is 3.14. The van der Waals surface area contributed by atoms with Crippen molar-refractivity contribution in [2.24, 2.45) is 5.73 Å². The summed E-state index contributed by atoms with van der Waals surface area (Å²) in [4.78, 5) is 4.38. The Labute approximate surface area is 107 Å². The van der Waals surface area contributed by atoms with Crippen LogP contribution in [0.3, 0.4) is 0 Å². The maximum absolute atomic E-state index is 12.8. The van der Waals surface area contributed by atoms with Crippen molar-refractivity contribution in [2.75, 3.05) is 0 Å². The van der Waals surface area contributed by atoms with Gasteiger partial charge in [-0.1, -0.05) is 25.1 Å². The van der Waals surface area contributed by atoms with E-state index in [9.17, 15) is 4.39 Å². The van der Waals surface area contributed by atoms with Crippen molar-refractivity contribution in [2.45, 2.75) is 25.8 Å². The van der Waals surface area contributed by atoms with Gasteiger partial charge in [-0.15, -0.1) is 0 Å². The first-order valence-electron chi connectivity index (χ1n) is 6.14. The van der Waals surface area contributed by atoms with E-state index in [4.69, 9.17) is 5.73 Å². The van der Waals surface area contributed by atoms with E-state index in [0.717, 1.165) is 17.7 Å². The van der Waals surface area contributed by atoms with Gasteiger partial charge in [0, 0.05) is 24.4 Å². The van der Waals surface area contributed by atoms with Gasteiger partial charge >= 0.3 is 0 Å². The topological polar surface area (TPSA) is 38.9 Å². The van der Waals surface area contributed by atoms with E-state index in [2.05, 4.69) is 18.0 Å². The van der Waals surface area contributed by atoms with Crippen LogP contribution in [-0.2, 0) is 12.8 Å². The molecule has 1 unspecified atom stereocenters. The van der Waals surface area contributed by atoms with Gasteiger partial charge in [0.2, 0.25) is 0 Å². The minimum Gasteiger partial charge on any atom is -0.324 e. The Bertz CT molecular complexity index is 491. The van der Waals surface area contributed by atoms with Gasteiger partial charge < -0.3 is 5.73 Å². The quantitative estimate of drug-likeness (QED) is 0.897. The Hall–Kier alpha value is -1.74. The average Bonchev–Trinajstić information content (AvgIpc) is 2.40. The van der Waals surface area contributed by atoms with Crippen LogP contribution in [0, 0.1) is 5.82 Å². The highest BCUT2D eigenvalue weighted by Gasteiger charge is 2.08. The van der Waals surface area contributed by atoms with Crippen LogP contribution in [0.15, 0.2) is 42.6 Å². The molecule has 0 bridgehead atoms. The molecule has 1 aromatic carbocycles. The third-order valence-electron chi connectivity index (χ3n) is 3.02. The predicted octanol–water partition coefficient (Wildman–Crippen LogP) is 3.03. The molecule has 1 heterocycles. The number of aromatic nitrogens is 1. The minimum absolute atomic E-state index is 0.148. The molecule has 0 amide bonds. The first-order chi connectivity index (χ1) is 8.69. The fraction of sp³-hybridized carbons (Fsp3) is 0.267. The van der Waals surface area contributed by atoms with Crippen LogP contribution in [0.5, 0.6) is 0 Å². The van der Waals surface area contributed by atoms with Gasteiger partial charge in [-0.2, -0.15) is 0 Å². The summed E-state index contributed by atoms with van der Waals surface area (Å²) in [5, 5.41) is 0. The van der Waals surface area contributed by atoms with Crippen molar-refractivity contribution >= 4 is 0 Å².